The number of rotatable bonds is 8. The fourth-order valence-electron chi connectivity index (χ4n) is 6.36. The number of amides is 1. The second kappa shape index (κ2) is 13.2. The van der Waals surface area contributed by atoms with Gasteiger partial charge in [0.15, 0.2) is 0 Å². The lowest BCUT2D eigenvalue weighted by Gasteiger charge is -2.21. The van der Waals surface area contributed by atoms with Crippen LogP contribution in [-0.2, 0) is 4.74 Å². The summed E-state index contributed by atoms with van der Waals surface area (Å²) in [5, 5.41) is 3.72. The van der Waals surface area contributed by atoms with Gasteiger partial charge in [0.2, 0.25) is 0 Å². The Morgan fingerprint density at radius 2 is 1.67 bits per heavy atom. The molecule has 0 fully saturated rings. The number of benzene rings is 3. The Labute approximate surface area is 285 Å². The summed E-state index contributed by atoms with van der Waals surface area (Å²) in [4.78, 5) is 32.0. The van der Waals surface area contributed by atoms with Crippen LogP contribution in [0.25, 0.3) is 22.2 Å². The van der Waals surface area contributed by atoms with Gasteiger partial charge in [0.1, 0.15) is 24.1 Å². The number of nitrogens with zero attached hydrogens (tertiary/aromatic N) is 2. The van der Waals surface area contributed by atoms with Crippen molar-refractivity contribution < 1.29 is 18.7 Å². The third-order valence-corrected chi connectivity index (χ3v) is 9.65. The standard InChI is InChI=1S/C36H31BrCl2FN3O3/c1-19(2)14-31(42-36(45)46-18-28-24-10-6-4-8-22(24)23-9-5-7-11-25(23)28)35(44)43-17-27(26-15-21(37)16-41-34(26)43)20(3)32-29(38)12-13-30(40)33(32)39/h4-13,15-17,19-20,28,31H,14,18H2,1-3H3,(H,42,45)/t20-,31?/m0/s1. The van der Waals surface area contributed by atoms with Gasteiger partial charge in [0.05, 0.1) is 5.02 Å². The van der Waals surface area contributed by atoms with Gasteiger partial charge in [-0.3, -0.25) is 9.36 Å². The van der Waals surface area contributed by atoms with Crippen LogP contribution in [0, 0.1) is 11.7 Å². The van der Waals surface area contributed by atoms with Crippen LogP contribution >= 0.6 is 39.1 Å². The lowest BCUT2D eigenvalue weighted by atomic mass is 9.93. The maximum absolute atomic E-state index is 14.5. The maximum Gasteiger partial charge on any atom is 0.407 e. The smallest absolute Gasteiger partial charge is 0.407 e. The summed E-state index contributed by atoms with van der Waals surface area (Å²) in [5.41, 5.74) is 5.93. The third kappa shape index (κ3) is 6.06. The highest BCUT2D eigenvalue weighted by atomic mass is 79.9. The van der Waals surface area contributed by atoms with E-state index in [9.17, 15) is 14.0 Å². The second-order valence-electron chi connectivity index (χ2n) is 11.9. The van der Waals surface area contributed by atoms with Crippen LogP contribution in [0.1, 0.15) is 66.1 Å². The van der Waals surface area contributed by atoms with Crippen molar-refractivity contribution in [2.24, 2.45) is 5.92 Å². The number of pyridine rings is 1. The summed E-state index contributed by atoms with van der Waals surface area (Å²) in [7, 11) is 0. The molecule has 2 atom stereocenters. The van der Waals surface area contributed by atoms with Crippen molar-refractivity contribution in [3.05, 3.63) is 122 Å². The number of halogens is 4. The largest absolute Gasteiger partial charge is 0.449 e. The van der Waals surface area contributed by atoms with Crippen LogP contribution in [0.15, 0.2) is 83.6 Å². The molecule has 1 unspecified atom stereocenters. The van der Waals surface area contributed by atoms with E-state index in [2.05, 4.69) is 50.5 Å². The maximum atomic E-state index is 14.5. The molecule has 1 aliphatic rings. The predicted molar refractivity (Wildman–Crippen MR) is 183 cm³/mol. The van der Waals surface area contributed by atoms with Gasteiger partial charge in [-0.05, 0) is 79.8 Å². The van der Waals surface area contributed by atoms with E-state index in [1.165, 1.54) is 16.7 Å². The Balaban J connectivity index is 1.28. The minimum atomic E-state index is -0.902. The summed E-state index contributed by atoms with van der Waals surface area (Å²) >= 11 is 16.3. The highest BCUT2D eigenvalue weighted by Gasteiger charge is 2.32. The fraction of sp³-hybridized carbons (Fsp3) is 0.250. The summed E-state index contributed by atoms with van der Waals surface area (Å²) in [6.45, 7) is 5.92. The van der Waals surface area contributed by atoms with E-state index in [0.29, 0.717) is 38.1 Å². The van der Waals surface area contributed by atoms with Crippen LogP contribution in [-0.4, -0.2) is 34.2 Å². The first-order valence-electron chi connectivity index (χ1n) is 15.0. The molecule has 1 amide bonds. The molecule has 3 aromatic carbocycles. The van der Waals surface area contributed by atoms with E-state index in [1.807, 2.05) is 51.1 Å². The average molecular weight is 723 g/mol. The van der Waals surface area contributed by atoms with Crippen molar-refractivity contribution >= 4 is 62.2 Å². The van der Waals surface area contributed by atoms with Crippen molar-refractivity contribution in [1.29, 1.82) is 0 Å². The second-order valence-corrected chi connectivity index (χ2v) is 13.6. The first kappa shape index (κ1) is 32.2. The molecule has 5 aromatic rings. The monoisotopic (exact) mass is 721 g/mol. The van der Waals surface area contributed by atoms with Crippen molar-refractivity contribution in [2.45, 2.75) is 45.1 Å². The van der Waals surface area contributed by atoms with Gasteiger partial charge >= 0.3 is 6.09 Å². The van der Waals surface area contributed by atoms with E-state index < -0.39 is 23.9 Å². The number of hydrogen-bond acceptors (Lipinski definition) is 4. The predicted octanol–water partition coefficient (Wildman–Crippen LogP) is 9.99. The molecule has 0 bridgehead atoms. The van der Waals surface area contributed by atoms with Gasteiger partial charge in [-0.15, -0.1) is 0 Å². The zero-order chi connectivity index (χ0) is 32.7. The van der Waals surface area contributed by atoms with Crippen LogP contribution in [0.3, 0.4) is 0 Å². The number of alkyl carbamates (subject to hydrolysis) is 1. The summed E-state index contributed by atoms with van der Waals surface area (Å²) in [6, 6.07) is 19.8. The Kier molecular flexibility index (Phi) is 9.24. The highest BCUT2D eigenvalue weighted by Crippen LogP contribution is 2.44. The molecule has 46 heavy (non-hydrogen) atoms. The minimum Gasteiger partial charge on any atom is -0.449 e. The molecule has 0 radical (unpaired) electrons. The summed E-state index contributed by atoms with van der Waals surface area (Å²) in [5.74, 6) is -1.48. The van der Waals surface area contributed by atoms with Crippen LogP contribution in [0.2, 0.25) is 10.0 Å². The molecule has 6 rings (SSSR count). The lowest BCUT2D eigenvalue weighted by molar-refractivity contribution is 0.0829. The zero-order valence-electron chi connectivity index (χ0n) is 25.4. The van der Waals surface area contributed by atoms with Gasteiger partial charge in [-0.2, -0.15) is 0 Å². The van der Waals surface area contributed by atoms with Crippen molar-refractivity contribution in [3.63, 3.8) is 0 Å². The van der Waals surface area contributed by atoms with E-state index >= 15 is 0 Å². The number of carbonyl (C=O) groups excluding carboxylic acids is 2. The molecule has 0 aliphatic heterocycles. The van der Waals surface area contributed by atoms with Gasteiger partial charge in [0.25, 0.3) is 5.91 Å². The van der Waals surface area contributed by atoms with E-state index in [-0.39, 0.29) is 29.4 Å². The van der Waals surface area contributed by atoms with Crippen molar-refractivity contribution in [1.82, 2.24) is 14.9 Å². The number of ether oxygens (including phenoxy) is 1. The van der Waals surface area contributed by atoms with Gasteiger partial charge in [-0.25, -0.2) is 14.2 Å². The van der Waals surface area contributed by atoms with Gasteiger partial charge < -0.3 is 10.1 Å². The Hall–Kier alpha value is -3.72. The van der Waals surface area contributed by atoms with Crippen molar-refractivity contribution in [2.75, 3.05) is 6.61 Å². The van der Waals surface area contributed by atoms with Crippen LogP contribution in [0.5, 0.6) is 0 Å². The first-order chi connectivity index (χ1) is 22.0. The SMILES string of the molecule is CC(C)CC(NC(=O)OCC1c2ccccc2-c2ccccc21)C(=O)n1cc([C@H](C)c2c(Cl)ccc(F)c2Cl)c2cc(Br)cnc21. The molecule has 236 valence electrons. The molecule has 1 N–H and O–H groups in total. The molecule has 2 heterocycles. The molecule has 1 aliphatic carbocycles. The zero-order valence-corrected chi connectivity index (χ0v) is 28.5. The molecular formula is C36H31BrCl2FN3O3. The highest BCUT2D eigenvalue weighted by molar-refractivity contribution is 9.10. The Bertz CT molecular complexity index is 1930. The third-order valence-electron chi connectivity index (χ3n) is 8.50. The fourth-order valence-corrected chi connectivity index (χ4v) is 7.39. The van der Waals surface area contributed by atoms with Crippen LogP contribution in [0.4, 0.5) is 9.18 Å². The topological polar surface area (TPSA) is 73.2 Å². The van der Waals surface area contributed by atoms with Crippen molar-refractivity contribution in [3.8, 4) is 11.1 Å². The van der Waals surface area contributed by atoms with E-state index in [0.717, 1.165) is 22.3 Å². The van der Waals surface area contributed by atoms with Gasteiger partial charge in [-0.1, -0.05) is 92.5 Å². The van der Waals surface area contributed by atoms with E-state index in [4.69, 9.17) is 27.9 Å². The first-order valence-corrected chi connectivity index (χ1v) is 16.6. The Morgan fingerprint density at radius 3 is 2.33 bits per heavy atom. The summed E-state index contributed by atoms with van der Waals surface area (Å²) < 4.78 is 22.4. The number of carbonyl (C=O) groups is 2. The molecule has 0 saturated heterocycles. The van der Waals surface area contributed by atoms with Crippen LogP contribution < -0.4 is 5.32 Å². The normalized spacial score (nSPS) is 13.8. The molecule has 2 aromatic heterocycles. The number of fused-ring (bicyclic) bond motifs is 4. The molecule has 6 nitrogen and oxygen atoms in total. The lowest BCUT2D eigenvalue weighted by Crippen LogP contribution is -2.44. The molecular weight excluding hydrogens is 692 g/mol. The van der Waals surface area contributed by atoms with E-state index in [1.54, 1.807) is 12.4 Å². The number of aromatic nitrogens is 2. The molecule has 10 heteroatoms. The molecule has 0 saturated carbocycles. The van der Waals surface area contributed by atoms with Gasteiger partial charge in [0, 0.05) is 39.1 Å². The summed E-state index contributed by atoms with van der Waals surface area (Å²) in [6.07, 6.45) is 2.95. The quantitative estimate of drug-likeness (QED) is 0.162. The molecule has 0 spiro atoms. The minimum absolute atomic E-state index is 0.0788. The Morgan fingerprint density at radius 1 is 1.02 bits per heavy atom. The number of hydrogen-bond donors (Lipinski definition) is 1. The number of nitrogens with one attached hydrogen (secondary N) is 1. The average Bonchev–Trinajstić information content (AvgIpc) is 3.56.